The summed E-state index contributed by atoms with van der Waals surface area (Å²) in [5, 5.41) is 4.15. The monoisotopic (exact) mass is 349 g/mol. The topological polar surface area (TPSA) is 12.0 Å². The molecule has 1 aliphatic rings. The fourth-order valence-electron chi connectivity index (χ4n) is 3.67. The molecule has 2 aromatic rings. The summed E-state index contributed by atoms with van der Waals surface area (Å²) in [5.74, 6) is 0. The molecule has 25 heavy (non-hydrogen) atoms. The highest BCUT2D eigenvalue weighted by Crippen LogP contribution is 2.42. The first kappa shape index (κ1) is 17.6. The van der Waals surface area contributed by atoms with Gasteiger partial charge in [-0.25, -0.2) is 0 Å². The van der Waals surface area contributed by atoms with Gasteiger partial charge in [-0.05, 0) is 80.3 Å². The van der Waals surface area contributed by atoms with E-state index in [-0.39, 0.29) is 0 Å². The van der Waals surface area contributed by atoms with Gasteiger partial charge in [-0.2, -0.15) is 0 Å². The molecule has 0 saturated carbocycles. The highest BCUT2D eigenvalue weighted by Gasteiger charge is 2.22. The number of anilines is 1. The number of fused-ring (bicyclic) bond motifs is 1. The summed E-state index contributed by atoms with van der Waals surface area (Å²) in [4.78, 5) is 0. The van der Waals surface area contributed by atoms with Crippen molar-refractivity contribution in [2.24, 2.45) is 0 Å². The largest absolute Gasteiger partial charge is 0.362 e. The van der Waals surface area contributed by atoms with Crippen molar-refractivity contribution in [3.05, 3.63) is 87.6 Å². The number of allylic oxidation sites excluding steroid dienone is 3. The molecule has 128 valence electrons. The van der Waals surface area contributed by atoms with Gasteiger partial charge in [0, 0.05) is 21.8 Å². The number of hydrogen-bond acceptors (Lipinski definition) is 1. The van der Waals surface area contributed by atoms with Gasteiger partial charge >= 0.3 is 0 Å². The molecule has 0 saturated heterocycles. The zero-order valence-corrected chi connectivity index (χ0v) is 16.1. The Morgan fingerprint density at radius 1 is 1.16 bits per heavy atom. The van der Waals surface area contributed by atoms with Gasteiger partial charge in [-0.3, -0.25) is 0 Å². The summed E-state index contributed by atoms with van der Waals surface area (Å²) in [5.41, 5.74) is 11.1. The molecule has 0 unspecified atom stereocenters. The molecule has 0 fully saturated rings. The molecular formula is C23H24ClN. The van der Waals surface area contributed by atoms with Crippen LogP contribution in [0.15, 0.2) is 54.8 Å². The summed E-state index contributed by atoms with van der Waals surface area (Å²) < 4.78 is 0. The Balaban J connectivity index is 2.34. The predicted molar refractivity (Wildman–Crippen MR) is 111 cm³/mol. The van der Waals surface area contributed by atoms with Crippen LogP contribution in [0.25, 0.3) is 11.1 Å². The van der Waals surface area contributed by atoms with Gasteiger partial charge in [0.05, 0.1) is 0 Å². The van der Waals surface area contributed by atoms with Crippen LogP contribution in [0.2, 0.25) is 5.02 Å². The lowest BCUT2D eigenvalue weighted by Crippen LogP contribution is -2.04. The van der Waals surface area contributed by atoms with E-state index in [0.29, 0.717) is 0 Å². The average Bonchev–Trinajstić information content (AvgIpc) is 2.94. The predicted octanol–water partition coefficient (Wildman–Crippen LogP) is 7.00. The molecular weight excluding hydrogens is 326 g/mol. The summed E-state index contributed by atoms with van der Waals surface area (Å²) in [6.45, 7) is 12.5. The van der Waals surface area contributed by atoms with E-state index in [9.17, 15) is 0 Å². The number of halogens is 1. The summed E-state index contributed by atoms with van der Waals surface area (Å²) in [6, 6.07) is 10.4. The molecule has 0 radical (unpaired) electrons. The van der Waals surface area contributed by atoms with E-state index in [2.05, 4.69) is 57.8 Å². The van der Waals surface area contributed by atoms with Crippen LogP contribution in [-0.4, -0.2) is 0 Å². The Bertz CT molecular complexity index is 912. The second-order valence-corrected chi connectivity index (χ2v) is 7.15. The van der Waals surface area contributed by atoms with E-state index >= 15 is 0 Å². The molecule has 0 heterocycles. The number of rotatable bonds is 4. The second-order valence-electron chi connectivity index (χ2n) is 6.74. The van der Waals surface area contributed by atoms with Crippen molar-refractivity contribution in [1.29, 1.82) is 0 Å². The number of hydrogen-bond donors (Lipinski definition) is 1. The summed E-state index contributed by atoms with van der Waals surface area (Å²) in [6.07, 6.45) is 5.05. The molecule has 0 amide bonds. The lowest BCUT2D eigenvalue weighted by molar-refractivity contribution is 1.23. The fourth-order valence-corrected chi connectivity index (χ4v) is 3.90. The molecule has 2 aromatic carbocycles. The van der Waals surface area contributed by atoms with Crippen LogP contribution >= 0.6 is 11.6 Å². The Morgan fingerprint density at radius 3 is 2.52 bits per heavy atom. The van der Waals surface area contributed by atoms with E-state index in [4.69, 9.17) is 11.6 Å². The molecule has 0 aromatic heterocycles. The Labute approximate surface area is 155 Å². The van der Waals surface area contributed by atoms with Crippen molar-refractivity contribution < 1.29 is 0 Å². The minimum absolute atomic E-state index is 0.772. The van der Waals surface area contributed by atoms with Crippen LogP contribution in [0.4, 0.5) is 5.69 Å². The number of benzene rings is 2. The average molecular weight is 350 g/mol. The van der Waals surface area contributed by atoms with Crippen LogP contribution in [0, 0.1) is 6.92 Å². The molecule has 3 rings (SSSR count). The number of nitrogens with one attached hydrogen (secondary N) is 1. The second kappa shape index (κ2) is 6.93. The van der Waals surface area contributed by atoms with Gasteiger partial charge in [0.25, 0.3) is 0 Å². The molecule has 0 spiro atoms. The maximum Gasteiger partial charge on any atom is 0.0492 e. The first-order valence-corrected chi connectivity index (χ1v) is 8.97. The van der Waals surface area contributed by atoms with E-state index < -0.39 is 0 Å². The minimum Gasteiger partial charge on any atom is -0.362 e. The zero-order valence-electron chi connectivity index (χ0n) is 15.3. The Kier molecular flexibility index (Phi) is 4.87. The van der Waals surface area contributed by atoms with Gasteiger partial charge in [0.15, 0.2) is 0 Å². The van der Waals surface area contributed by atoms with Crippen molar-refractivity contribution in [2.75, 3.05) is 5.32 Å². The van der Waals surface area contributed by atoms with Crippen LogP contribution in [0.1, 0.15) is 48.6 Å². The van der Waals surface area contributed by atoms with Crippen LogP contribution in [0.5, 0.6) is 0 Å². The van der Waals surface area contributed by atoms with Gasteiger partial charge in [-0.15, -0.1) is 0 Å². The molecule has 2 heteroatoms. The molecule has 0 atom stereocenters. The van der Waals surface area contributed by atoms with E-state index in [1.54, 1.807) is 6.20 Å². The van der Waals surface area contributed by atoms with Crippen molar-refractivity contribution in [2.45, 2.75) is 34.1 Å². The van der Waals surface area contributed by atoms with E-state index in [1.165, 1.54) is 39.0 Å². The highest BCUT2D eigenvalue weighted by molar-refractivity contribution is 6.32. The molecule has 0 aliphatic heterocycles. The lowest BCUT2D eigenvalue weighted by atomic mass is 9.87. The normalized spacial score (nSPS) is 12.4. The summed E-state index contributed by atoms with van der Waals surface area (Å²) in [7, 11) is 0. The maximum atomic E-state index is 6.54. The fraction of sp³-hybridized carbons (Fsp3) is 0.217. The van der Waals surface area contributed by atoms with E-state index in [0.717, 1.165) is 22.7 Å². The third kappa shape index (κ3) is 3.05. The summed E-state index contributed by atoms with van der Waals surface area (Å²) >= 11 is 6.54. The quantitative estimate of drug-likeness (QED) is 0.626. The van der Waals surface area contributed by atoms with Crippen molar-refractivity contribution in [1.82, 2.24) is 0 Å². The highest BCUT2D eigenvalue weighted by atomic mass is 35.5. The van der Waals surface area contributed by atoms with Gasteiger partial charge in [0.2, 0.25) is 0 Å². The van der Waals surface area contributed by atoms with E-state index in [1.807, 2.05) is 18.2 Å². The minimum atomic E-state index is 0.772. The van der Waals surface area contributed by atoms with Crippen LogP contribution < -0.4 is 5.32 Å². The smallest absolute Gasteiger partial charge is 0.0492 e. The molecule has 1 N–H and O–H groups in total. The third-order valence-electron chi connectivity index (χ3n) is 4.91. The third-order valence-corrected chi connectivity index (χ3v) is 5.24. The Morgan fingerprint density at radius 2 is 1.88 bits per heavy atom. The van der Waals surface area contributed by atoms with Crippen LogP contribution in [-0.2, 0) is 6.42 Å². The van der Waals surface area contributed by atoms with Crippen molar-refractivity contribution >= 4 is 28.4 Å². The lowest BCUT2D eigenvalue weighted by Gasteiger charge is -2.21. The van der Waals surface area contributed by atoms with Crippen molar-refractivity contribution in [3.63, 3.8) is 0 Å². The zero-order chi connectivity index (χ0) is 18.1. The van der Waals surface area contributed by atoms with Gasteiger partial charge in [0.1, 0.15) is 0 Å². The van der Waals surface area contributed by atoms with Crippen molar-refractivity contribution in [3.8, 4) is 0 Å². The molecule has 0 bridgehead atoms. The standard InChI is InChI=1S/C23H24ClN/c1-6-25-23-16(5)17-12-11-15(4)19(17)13-20(23)22(14(2)3)18-9-7-8-10-21(18)24/h6-11,13,25H,1,12H2,2-5H3. The first-order chi connectivity index (χ1) is 12.0. The SMILES string of the molecule is C=CNc1c(C(=C(C)C)c2ccccc2Cl)cc2c(c1C)CC=C2C. The maximum absolute atomic E-state index is 6.54. The molecule has 1 nitrogen and oxygen atoms in total. The van der Waals surface area contributed by atoms with Gasteiger partial charge < -0.3 is 5.32 Å². The first-order valence-electron chi connectivity index (χ1n) is 8.59. The van der Waals surface area contributed by atoms with Crippen LogP contribution in [0.3, 0.4) is 0 Å². The van der Waals surface area contributed by atoms with Gasteiger partial charge in [-0.1, -0.05) is 48.0 Å². The molecule has 1 aliphatic carbocycles. The Hall–Kier alpha value is -2.25.